The van der Waals surface area contributed by atoms with Crippen LogP contribution >= 0.6 is 0 Å². The molecule has 1 aromatic rings. The first-order valence-corrected chi connectivity index (χ1v) is 7.23. The number of rotatable bonds is 2. The van der Waals surface area contributed by atoms with Crippen molar-refractivity contribution in [1.29, 1.82) is 0 Å². The van der Waals surface area contributed by atoms with Crippen molar-refractivity contribution in [2.75, 3.05) is 31.1 Å². The van der Waals surface area contributed by atoms with Gasteiger partial charge in [0.15, 0.2) is 0 Å². The molecular weight excluding hydrogens is 257 g/mol. The average Bonchev–Trinajstić information content (AvgIpc) is 2.97. The number of oxime groups is 1. The molecule has 0 amide bonds. The predicted molar refractivity (Wildman–Crippen MR) is 77.0 cm³/mol. The van der Waals surface area contributed by atoms with Gasteiger partial charge in [-0.1, -0.05) is 5.16 Å². The highest BCUT2D eigenvalue weighted by Crippen LogP contribution is 2.24. The Labute approximate surface area is 118 Å². The SMILES string of the molecule is ON=C1CCCC1N1CCN(c2ccc(F)cc2)CC1. The summed E-state index contributed by atoms with van der Waals surface area (Å²) in [5, 5.41) is 12.5. The molecule has 1 aliphatic carbocycles. The maximum atomic E-state index is 12.9. The van der Waals surface area contributed by atoms with Gasteiger partial charge in [0.1, 0.15) is 5.82 Å². The molecule has 5 heteroatoms. The molecule has 1 heterocycles. The van der Waals surface area contributed by atoms with Crippen molar-refractivity contribution in [1.82, 2.24) is 4.90 Å². The van der Waals surface area contributed by atoms with Crippen LogP contribution in [0, 0.1) is 5.82 Å². The van der Waals surface area contributed by atoms with Gasteiger partial charge in [0.05, 0.1) is 11.8 Å². The fourth-order valence-electron chi connectivity index (χ4n) is 3.26. The van der Waals surface area contributed by atoms with Crippen molar-refractivity contribution in [3.63, 3.8) is 0 Å². The molecule has 1 unspecified atom stereocenters. The Balaban J connectivity index is 1.61. The summed E-state index contributed by atoms with van der Waals surface area (Å²) in [5.74, 6) is -0.192. The van der Waals surface area contributed by atoms with Crippen LogP contribution in [-0.2, 0) is 0 Å². The molecule has 1 N–H and O–H groups in total. The Bertz CT molecular complexity index is 480. The largest absolute Gasteiger partial charge is 0.411 e. The van der Waals surface area contributed by atoms with Gasteiger partial charge in [-0.05, 0) is 43.5 Å². The summed E-state index contributed by atoms with van der Waals surface area (Å²) in [7, 11) is 0. The lowest BCUT2D eigenvalue weighted by Crippen LogP contribution is -2.51. The molecule has 2 aliphatic rings. The Kier molecular flexibility index (Phi) is 3.87. The first-order chi connectivity index (χ1) is 9.78. The Morgan fingerprint density at radius 2 is 1.80 bits per heavy atom. The first-order valence-electron chi connectivity index (χ1n) is 7.23. The number of nitrogens with zero attached hydrogens (tertiary/aromatic N) is 3. The van der Waals surface area contributed by atoms with Gasteiger partial charge >= 0.3 is 0 Å². The summed E-state index contributed by atoms with van der Waals surface area (Å²) in [6.45, 7) is 3.78. The van der Waals surface area contributed by atoms with Gasteiger partial charge in [0.2, 0.25) is 0 Å². The summed E-state index contributed by atoms with van der Waals surface area (Å²) in [5.41, 5.74) is 2.01. The third-order valence-corrected chi connectivity index (χ3v) is 4.37. The first kappa shape index (κ1) is 13.4. The minimum absolute atomic E-state index is 0.192. The summed E-state index contributed by atoms with van der Waals surface area (Å²) < 4.78 is 12.9. The van der Waals surface area contributed by atoms with Crippen LogP contribution < -0.4 is 4.90 Å². The van der Waals surface area contributed by atoms with Crippen LogP contribution in [0.5, 0.6) is 0 Å². The van der Waals surface area contributed by atoms with E-state index in [2.05, 4.69) is 15.0 Å². The molecular formula is C15H20FN3O. The summed E-state index contributed by atoms with van der Waals surface area (Å²) in [6, 6.07) is 7.00. The number of anilines is 1. The molecule has 20 heavy (non-hydrogen) atoms. The van der Waals surface area contributed by atoms with E-state index in [-0.39, 0.29) is 5.82 Å². The maximum Gasteiger partial charge on any atom is 0.123 e. The minimum atomic E-state index is -0.192. The van der Waals surface area contributed by atoms with Gasteiger partial charge in [-0.2, -0.15) is 0 Å². The third kappa shape index (κ3) is 2.63. The molecule has 0 aromatic heterocycles. The van der Waals surface area contributed by atoms with Gasteiger partial charge < -0.3 is 10.1 Å². The molecule has 2 fully saturated rings. The Hall–Kier alpha value is -1.62. The van der Waals surface area contributed by atoms with Crippen LogP contribution in [0.15, 0.2) is 29.4 Å². The minimum Gasteiger partial charge on any atom is -0.411 e. The zero-order valence-electron chi connectivity index (χ0n) is 11.5. The van der Waals surface area contributed by atoms with Crippen molar-refractivity contribution in [2.24, 2.45) is 5.16 Å². The van der Waals surface area contributed by atoms with Gasteiger partial charge in [-0.25, -0.2) is 4.39 Å². The van der Waals surface area contributed by atoms with E-state index >= 15 is 0 Å². The normalized spacial score (nSPS) is 26.4. The van der Waals surface area contributed by atoms with E-state index in [0.29, 0.717) is 6.04 Å². The highest BCUT2D eigenvalue weighted by molar-refractivity contribution is 5.90. The van der Waals surface area contributed by atoms with Crippen LogP contribution in [0.2, 0.25) is 0 Å². The molecule has 3 rings (SSSR count). The molecule has 0 radical (unpaired) electrons. The lowest BCUT2D eigenvalue weighted by Gasteiger charge is -2.39. The fraction of sp³-hybridized carbons (Fsp3) is 0.533. The second kappa shape index (κ2) is 5.79. The topological polar surface area (TPSA) is 39.1 Å². The molecule has 1 saturated heterocycles. The van der Waals surface area contributed by atoms with E-state index in [1.165, 1.54) is 12.1 Å². The molecule has 1 saturated carbocycles. The lowest BCUT2D eigenvalue weighted by molar-refractivity contribution is 0.221. The second-order valence-corrected chi connectivity index (χ2v) is 5.50. The molecule has 108 valence electrons. The standard InChI is InChI=1S/C15H20FN3O/c16-12-4-6-13(7-5-12)18-8-10-19(11-9-18)15-3-1-2-14(15)17-20/h4-7,15,20H,1-3,8-11H2. The Morgan fingerprint density at radius 3 is 2.45 bits per heavy atom. The monoisotopic (exact) mass is 277 g/mol. The van der Waals surface area contributed by atoms with E-state index in [0.717, 1.165) is 56.8 Å². The second-order valence-electron chi connectivity index (χ2n) is 5.50. The zero-order valence-corrected chi connectivity index (χ0v) is 11.5. The van der Waals surface area contributed by atoms with Crippen molar-refractivity contribution >= 4 is 11.4 Å². The molecule has 1 aliphatic heterocycles. The number of hydrogen-bond acceptors (Lipinski definition) is 4. The quantitative estimate of drug-likeness (QED) is 0.666. The average molecular weight is 277 g/mol. The summed E-state index contributed by atoms with van der Waals surface area (Å²) in [6.07, 6.45) is 3.12. The maximum absolute atomic E-state index is 12.9. The molecule has 0 spiro atoms. The van der Waals surface area contributed by atoms with Gasteiger partial charge in [-0.15, -0.1) is 0 Å². The van der Waals surface area contributed by atoms with E-state index in [9.17, 15) is 4.39 Å². The van der Waals surface area contributed by atoms with Crippen LogP contribution in [0.4, 0.5) is 10.1 Å². The number of hydrogen-bond donors (Lipinski definition) is 1. The van der Waals surface area contributed by atoms with Gasteiger partial charge in [0, 0.05) is 31.9 Å². The number of benzene rings is 1. The zero-order chi connectivity index (χ0) is 13.9. The van der Waals surface area contributed by atoms with E-state index in [1.807, 2.05) is 12.1 Å². The fourth-order valence-corrected chi connectivity index (χ4v) is 3.26. The molecule has 4 nitrogen and oxygen atoms in total. The van der Waals surface area contributed by atoms with Crippen molar-refractivity contribution in [2.45, 2.75) is 25.3 Å². The van der Waals surface area contributed by atoms with Crippen LogP contribution in [0.25, 0.3) is 0 Å². The smallest absolute Gasteiger partial charge is 0.123 e. The number of halogens is 1. The van der Waals surface area contributed by atoms with Crippen molar-refractivity contribution in [3.8, 4) is 0 Å². The van der Waals surface area contributed by atoms with Gasteiger partial charge in [0.25, 0.3) is 0 Å². The third-order valence-electron chi connectivity index (χ3n) is 4.37. The van der Waals surface area contributed by atoms with E-state index in [1.54, 1.807) is 0 Å². The van der Waals surface area contributed by atoms with Crippen LogP contribution in [0.3, 0.4) is 0 Å². The number of piperazine rings is 1. The summed E-state index contributed by atoms with van der Waals surface area (Å²) >= 11 is 0. The van der Waals surface area contributed by atoms with E-state index < -0.39 is 0 Å². The van der Waals surface area contributed by atoms with Gasteiger partial charge in [-0.3, -0.25) is 4.90 Å². The highest BCUT2D eigenvalue weighted by atomic mass is 19.1. The van der Waals surface area contributed by atoms with Crippen LogP contribution in [-0.4, -0.2) is 48.0 Å². The van der Waals surface area contributed by atoms with E-state index in [4.69, 9.17) is 5.21 Å². The Morgan fingerprint density at radius 1 is 1.10 bits per heavy atom. The van der Waals surface area contributed by atoms with Crippen LogP contribution in [0.1, 0.15) is 19.3 Å². The molecule has 0 bridgehead atoms. The van der Waals surface area contributed by atoms with Crippen molar-refractivity contribution < 1.29 is 9.60 Å². The lowest BCUT2D eigenvalue weighted by atomic mass is 10.1. The molecule has 1 atom stereocenters. The molecule has 1 aromatic carbocycles. The summed E-state index contributed by atoms with van der Waals surface area (Å²) in [4.78, 5) is 4.68. The predicted octanol–water partition coefficient (Wildman–Crippen LogP) is 2.33. The van der Waals surface area contributed by atoms with Crippen molar-refractivity contribution in [3.05, 3.63) is 30.1 Å². The highest BCUT2D eigenvalue weighted by Gasteiger charge is 2.31.